The van der Waals surface area contributed by atoms with Gasteiger partial charge in [-0.25, -0.2) is 0 Å². The van der Waals surface area contributed by atoms with Gasteiger partial charge in [0.15, 0.2) is 0 Å². The number of hydrogen-bond donors (Lipinski definition) is 1. The van der Waals surface area contributed by atoms with Crippen LogP contribution in [0.3, 0.4) is 0 Å². The molecule has 3 nitrogen and oxygen atoms in total. The van der Waals surface area contributed by atoms with E-state index in [0.717, 1.165) is 48.6 Å². The lowest BCUT2D eigenvalue weighted by atomic mass is 9.96. The monoisotopic (exact) mass is 322 g/mol. The molecule has 0 saturated carbocycles. The number of benzene rings is 2. The molecule has 3 heteroatoms. The van der Waals surface area contributed by atoms with E-state index in [4.69, 9.17) is 5.41 Å². The Balaban J connectivity index is 1.76. The van der Waals surface area contributed by atoms with E-state index < -0.39 is 0 Å². The van der Waals surface area contributed by atoms with Crippen LogP contribution in [-0.2, 0) is 11.2 Å². The topological polar surface area (TPSA) is 44.2 Å². The Bertz CT molecular complexity index is 738. The Morgan fingerprint density at radius 1 is 1.21 bits per heavy atom. The number of likely N-dealkylation sites (tertiary alicyclic amines) is 1. The van der Waals surface area contributed by atoms with Gasteiger partial charge in [0.1, 0.15) is 0 Å². The van der Waals surface area contributed by atoms with Gasteiger partial charge in [0.25, 0.3) is 0 Å². The molecule has 1 heterocycles. The van der Waals surface area contributed by atoms with Crippen LogP contribution in [0.1, 0.15) is 50.2 Å². The van der Waals surface area contributed by atoms with Crippen LogP contribution in [0.4, 0.5) is 0 Å². The first kappa shape index (κ1) is 16.7. The van der Waals surface area contributed by atoms with Gasteiger partial charge < -0.3 is 10.3 Å². The highest BCUT2D eigenvalue weighted by Crippen LogP contribution is 2.25. The van der Waals surface area contributed by atoms with Crippen molar-refractivity contribution in [1.29, 1.82) is 5.41 Å². The van der Waals surface area contributed by atoms with Crippen molar-refractivity contribution in [2.75, 3.05) is 6.54 Å². The highest BCUT2D eigenvalue weighted by Gasteiger charge is 2.24. The molecule has 2 aromatic carbocycles. The van der Waals surface area contributed by atoms with E-state index in [1.807, 2.05) is 18.2 Å². The third-order valence-corrected chi connectivity index (χ3v) is 5.23. The van der Waals surface area contributed by atoms with Gasteiger partial charge in [0.05, 0.1) is 0 Å². The molecule has 0 aliphatic carbocycles. The van der Waals surface area contributed by atoms with E-state index in [2.05, 4.69) is 30.0 Å². The van der Waals surface area contributed by atoms with Crippen molar-refractivity contribution in [2.45, 2.75) is 51.5 Å². The molecule has 1 N–H and O–H groups in total. The Labute approximate surface area is 144 Å². The maximum absolute atomic E-state index is 12.7. The van der Waals surface area contributed by atoms with Crippen molar-refractivity contribution in [1.82, 2.24) is 4.90 Å². The number of carbonyl (C=O) groups excluding carboxylic acids is 1. The number of piperidine rings is 1. The number of fused-ring (bicyclic) bond motifs is 1. The summed E-state index contributed by atoms with van der Waals surface area (Å²) in [4.78, 5) is 14.8. The molecule has 2 aromatic rings. The van der Waals surface area contributed by atoms with Crippen molar-refractivity contribution >= 4 is 22.9 Å². The first-order valence-corrected chi connectivity index (χ1v) is 9.05. The number of hydrogen-bond acceptors (Lipinski definition) is 2. The average molecular weight is 322 g/mol. The second-order valence-corrected chi connectivity index (χ2v) is 6.65. The fourth-order valence-corrected chi connectivity index (χ4v) is 3.87. The molecule has 1 aliphatic rings. The summed E-state index contributed by atoms with van der Waals surface area (Å²) in [6.07, 6.45) is 7.34. The summed E-state index contributed by atoms with van der Waals surface area (Å²) in [6, 6.07) is 12.7. The van der Waals surface area contributed by atoms with Crippen molar-refractivity contribution in [3.8, 4) is 0 Å². The van der Waals surface area contributed by atoms with Crippen LogP contribution in [0.25, 0.3) is 10.8 Å². The first-order valence-electron chi connectivity index (χ1n) is 9.05. The van der Waals surface area contributed by atoms with Gasteiger partial charge in [0, 0.05) is 25.2 Å². The molecule has 1 aliphatic heterocycles. The van der Waals surface area contributed by atoms with Crippen LogP contribution in [0, 0.1) is 5.41 Å². The molecule has 0 aromatic heterocycles. The molecule has 1 amide bonds. The molecule has 0 radical (unpaired) electrons. The Morgan fingerprint density at radius 3 is 2.75 bits per heavy atom. The predicted octanol–water partition coefficient (Wildman–Crippen LogP) is 4.56. The number of nitrogens with zero attached hydrogens (tertiary/aromatic N) is 1. The van der Waals surface area contributed by atoms with Crippen LogP contribution in [0.2, 0.25) is 0 Å². The third kappa shape index (κ3) is 3.35. The summed E-state index contributed by atoms with van der Waals surface area (Å²) < 4.78 is 0. The molecule has 126 valence electrons. The molecule has 1 unspecified atom stereocenters. The Kier molecular flexibility index (Phi) is 5.29. The minimum absolute atomic E-state index is 0.293. The molecule has 1 saturated heterocycles. The zero-order valence-electron chi connectivity index (χ0n) is 14.4. The van der Waals surface area contributed by atoms with Gasteiger partial charge in [-0.1, -0.05) is 43.3 Å². The molecule has 24 heavy (non-hydrogen) atoms. The van der Waals surface area contributed by atoms with Crippen LogP contribution in [0.5, 0.6) is 0 Å². The van der Waals surface area contributed by atoms with Gasteiger partial charge >= 0.3 is 0 Å². The van der Waals surface area contributed by atoms with Crippen molar-refractivity contribution in [3.05, 3.63) is 47.5 Å². The van der Waals surface area contributed by atoms with E-state index in [1.165, 1.54) is 18.2 Å². The number of rotatable bonds is 5. The van der Waals surface area contributed by atoms with Crippen molar-refractivity contribution in [2.24, 2.45) is 0 Å². The maximum atomic E-state index is 12.7. The first-order chi connectivity index (χ1) is 11.7. The van der Waals surface area contributed by atoms with E-state index >= 15 is 0 Å². The van der Waals surface area contributed by atoms with Gasteiger partial charge in [-0.2, -0.15) is 0 Å². The molecular formula is C21H26N2O. The third-order valence-electron chi connectivity index (χ3n) is 5.23. The average Bonchev–Trinajstić information content (AvgIpc) is 2.65. The summed E-state index contributed by atoms with van der Waals surface area (Å²) in [5.41, 5.74) is 2.14. The van der Waals surface area contributed by atoms with Crippen molar-refractivity contribution < 1.29 is 4.79 Å². The zero-order valence-corrected chi connectivity index (χ0v) is 14.4. The SMILES string of the molecule is CCC1CCCCN1C(=O)CCc1ccc(C=N)c2ccccc12. The zero-order chi connectivity index (χ0) is 16.9. The number of carbonyl (C=O) groups is 1. The van der Waals surface area contributed by atoms with E-state index in [9.17, 15) is 4.79 Å². The maximum Gasteiger partial charge on any atom is 0.223 e. The summed E-state index contributed by atoms with van der Waals surface area (Å²) >= 11 is 0. The smallest absolute Gasteiger partial charge is 0.223 e. The Hall–Kier alpha value is -2.16. The minimum Gasteiger partial charge on any atom is -0.340 e. The van der Waals surface area contributed by atoms with Gasteiger partial charge in [-0.05, 0) is 54.0 Å². The number of aryl methyl sites for hydroxylation is 1. The molecule has 0 bridgehead atoms. The van der Waals surface area contributed by atoms with E-state index in [-0.39, 0.29) is 0 Å². The van der Waals surface area contributed by atoms with E-state index in [0.29, 0.717) is 18.4 Å². The second-order valence-electron chi connectivity index (χ2n) is 6.65. The van der Waals surface area contributed by atoms with Gasteiger partial charge in [-0.15, -0.1) is 0 Å². The Morgan fingerprint density at radius 2 is 2.00 bits per heavy atom. The minimum atomic E-state index is 0.293. The van der Waals surface area contributed by atoms with Crippen LogP contribution in [0.15, 0.2) is 36.4 Å². The summed E-state index contributed by atoms with van der Waals surface area (Å²) in [5.74, 6) is 0.293. The van der Waals surface area contributed by atoms with Crippen LogP contribution < -0.4 is 0 Å². The highest BCUT2D eigenvalue weighted by atomic mass is 16.2. The van der Waals surface area contributed by atoms with Gasteiger partial charge in [0.2, 0.25) is 5.91 Å². The normalized spacial score (nSPS) is 17.9. The molecule has 0 spiro atoms. The lowest BCUT2D eigenvalue weighted by Crippen LogP contribution is -2.43. The molecule has 3 rings (SSSR count). The summed E-state index contributed by atoms with van der Waals surface area (Å²) in [6.45, 7) is 3.10. The summed E-state index contributed by atoms with van der Waals surface area (Å²) in [7, 11) is 0. The molecule has 1 fully saturated rings. The number of amides is 1. The summed E-state index contributed by atoms with van der Waals surface area (Å²) in [5, 5.41) is 9.82. The quantitative estimate of drug-likeness (QED) is 0.806. The standard InChI is InChI=1S/C21H26N2O/c1-2-18-7-5-6-14-23(18)21(24)13-12-16-10-11-17(15-22)20-9-4-3-8-19(16)20/h3-4,8-11,15,18,22H,2,5-7,12-14H2,1H3. The predicted molar refractivity (Wildman–Crippen MR) is 99.8 cm³/mol. The van der Waals surface area contributed by atoms with Crippen molar-refractivity contribution in [3.63, 3.8) is 0 Å². The van der Waals surface area contributed by atoms with E-state index in [1.54, 1.807) is 0 Å². The molecular weight excluding hydrogens is 296 g/mol. The fourth-order valence-electron chi connectivity index (χ4n) is 3.87. The lowest BCUT2D eigenvalue weighted by Gasteiger charge is -2.35. The largest absolute Gasteiger partial charge is 0.340 e. The number of nitrogens with one attached hydrogen (secondary N) is 1. The van der Waals surface area contributed by atoms with Crippen LogP contribution >= 0.6 is 0 Å². The second kappa shape index (κ2) is 7.61. The van der Waals surface area contributed by atoms with Crippen LogP contribution in [-0.4, -0.2) is 29.6 Å². The van der Waals surface area contributed by atoms with Gasteiger partial charge in [-0.3, -0.25) is 4.79 Å². The fraction of sp³-hybridized carbons (Fsp3) is 0.429. The lowest BCUT2D eigenvalue weighted by molar-refractivity contribution is -0.134. The highest BCUT2D eigenvalue weighted by molar-refractivity contribution is 6.00. The molecule has 1 atom stereocenters.